The summed E-state index contributed by atoms with van der Waals surface area (Å²) in [6, 6.07) is 0. The fraction of sp³-hybridized carbons (Fsp3) is 0. The van der Waals surface area contributed by atoms with Gasteiger partial charge in [0.2, 0.25) is 0 Å². The Morgan fingerprint density at radius 2 is 1.00 bits per heavy atom. The minimum absolute atomic E-state index is 0. The third kappa shape index (κ3) is 8.82. The van der Waals surface area contributed by atoms with E-state index in [0.29, 0.717) is 0 Å². The second kappa shape index (κ2) is 18.0. The van der Waals surface area contributed by atoms with Gasteiger partial charge in [-0.2, -0.15) is 0 Å². The van der Waals surface area contributed by atoms with Gasteiger partial charge in [-0.3, -0.25) is 0 Å². The number of hydrogen-bond donors (Lipinski definition) is 0. The van der Waals surface area contributed by atoms with Crippen molar-refractivity contribution in [2.24, 2.45) is 0 Å². The first-order valence-corrected chi connectivity index (χ1v) is 0. The molecule has 0 unspecified atom stereocenters. The monoisotopic (exact) mass is 171 g/mol. The molecule has 0 nitrogen and oxygen atoms in total. The third-order valence-electron chi connectivity index (χ3n) is 0. The van der Waals surface area contributed by atoms with Crippen LogP contribution in [-0.2, 0) is 36.5 Å². The van der Waals surface area contributed by atoms with Crippen molar-refractivity contribution >= 4 is 40.4 Å². The van der Waals surface area contributed by atoms with Crippen molar-refractivity contribution in [1.29, 1.82) is 0 Å². The third-order valence-corrected chi connectivity index (χ3v) is 0. The van der Waals surface area contributed by atoms with Gasteiger partial charge in [-0.05, 0) is 0 Å². The van der Waals surface area contributed by atoms with Gasteiger partial charge >= 0.3 is 0 Å². The molecule has 4 heavy (non-hydrogen) atoms. The molecule has 0 aromatic heterocycles. The van der Waals surface area contributed by atoms with Crippen LogP contribution < -0.4 is 0 Å². The first-order valence-electron chi connectivity index (χ1n) is 0. The zero-order valence-corrected chi connectivity index (χ0v) is 8.99. The molecule has 5 radical (unpaired) electrons. The Morgan fingerprint density at radius 1 is 1.00 bits per heavy atom. The predicted molar refractivity (Wildman–Crippen MR) is 11.5 cm³/mol. The maximum atomic E-state index is 0. The fourth-order valence-corrected chi connectivity index (χ4v) is 0. The Morgan fingerprint density at radius 3 is 1.00 bits per heavy atom. The molecule has 4 heteroatoms. The van der Waals surface area contributed by atoms with E-state index in [0.717, 1.165) is 0 Å². The van der Waals surface area contributed by atoms with Gasteiger partial charge in [-0.1, -0.05) is 0 Å². The van der Waals surface area contributed by atoms with Crippen LogP contribution in [0, 0.1) is 0 Å². The molecule has 0 aliphatic rings. The van der Waals surface area contributed by atoms with Crippen LogP contribution in [0.15, 0.2) is 0 Å². The normalized spacial score (nSPS) is 0. The summed E-state index contributed by atoms with van der Waals surface area (Å²) in [6.45, 7) is 0. The molecule has 15 valence electrons. The maximum Gasteiger partial charge on any atom is 0 e. The van der Waals surface area contributed by atoms with Crippen molar-refractivity contribution in [2.45, 2.75) is 0 Å². The van der Waals surface area contributed by atoms with Crippen LogP contribution in [0.2, 0.25) is 0 Å². The van der Waals surface area contributed by atoms with Crippen molar-refractivity contribution in [2.75, 3.05) is 0 Å². The average molecular weight is 173 g/mol. The van der Waals surface area contributed by atoms with E-state index in [9.17, 15) is 0 Å². The van der Waals surface area contributed by atoms with E-state index < -0.39 is 0 Å². The van der Waals surface area contributed by atoms with Crippen LogP contribution in [0.3, 0.4) is 0 Å². The van der Waals surface area contributed by atoms with Crippen molar-refractivity contribution in [3.05, 3.63) is 0 Å². The van der Waals surface area contributed by atoms with E-state index in [1.54, 1.807) is 0 Å². The summed E-state index contributed by atoms with van der Waals surface area (Å²) in [5, 5.41) is 0. The topological polar surface area (TPSA) is 0 Å². The molecule has 0 aromatic carbocycles. The van der Waals surface area contributed by atoms with Gasteiger partial charge in [0.25, 0.3) is 0 Å². The molecule has 0 atom stereocenters. The number of hydrogen-bond acceptors (Lipinski definition) is 0. The van der Waals surface area contributed by atoms with E-state index in [1.807, 2.05) is 0 Å². The summed E-state index contributed by atoms with van der Waals surface area (Å²) in [4.78, 5) is 0. The second-order valence-corrected chi connectivity index (χ2v) is 0. The van der Waals surface area contributed by atoms with Gasteiger partial charge < -0.3 is 0 Å². The summed E-state index contributed by atoms with van der Waals surface area (Å²) in [5.41, 5.74) is 0. The molecule has 0 N–H and O–H groups in total. The first-order chi connectivity index (χ1) is 0. The fourth-order valence-electron chi connectivity index (χ4n) is 0. The summed E-state index contributed by atoms with van der Waals surface area (Å²) >= 11 is 0. The molecule has 0 saturated heterocycles. The molecule has 0 heterocycles. The molecule has 0 amide bonds. The van der Waals surface area contributed by atoms with Gasteiger partial charge in [0.05, 0.1) is 0 Å². The van der Waals surface area contributed by atoms with Crippen molar-refractivity contribution in [3.63, 3.8) is 0 Å². The van der Waals surface area contributed by atoms with E-state index in [1.165, 1.54) is 0 Å². The minimum atomic E-state index is 0. The van der Waals surface area contributed by atoms with Crippen molar-refractivity contribution in [3.8, 4) is 0 Å². The Labute approximate surface area is 76.0 Å². The molecule has 0 rings (SSSR count). The molecular weight excluding hydrogens is 173 g/mol. The Hall–Kier alpha value is 2.44. The Kier molecular flexibility index (Phi) is 144. The van der Waals surface area contributed by atoms with E-state index in [4.69, 9.17) is 0 Å². The second-order valence-electron chi connectivity index (χ2n) is 0. The SMILES string of the molecule is [Al].[Fe].[Mg].[Zn]. The minimum Gasteiger partial charge on any atom is 0 e. The van der Waals surface area contributed by atoms with Crippen LogP contribution in [-0.4, -0.2) is 40.4 Å². The molecule has 0 aromatic rings. The summed E-state index contributed by atoms with van der Waals surface area (Å²) in [7, 11) is 0. The van der Waals surface area contributed by atoms with Gasteiger partial charge in [0.15, 0.2) is 0 Å². The molecule has 0 saturated carbocycles. The molecule has 0 spiro atoms. The van der Waals surface area contributed by atoms with E-state index >= 15 is 0 Å². The zero-order valence-electron chi connectivity index (χ0n) is 2.35. The zero-order chi connectivity index (χ0) is 0. The smallest absolute Gasteiger partial charge is 0 e. The van der Waals surface area contributed by atoms with Gasteiger partial charge in [-0.15, -0.1) is 0 Å². The van der Waals surface area contributed by atoms with Crippen molar-refractivity contribution in [1.82, 2.24) is 0 Å². The van der Waals surface area contributed by atoms with Crippen LogP contribution in [0.1, 0.15) is 0 Å². The quantitative estimate of drug-likeness (QED) is 0.421. The molecule has 0 fully saturated rings. The standard InChI is InChI=1S/Al.Fe.Mg.Zn. The summed E-state index contributed by atoms with van der Waals surface area (Å²) in [5.74, 6) is 0. The van der Waals surface area contributed by atoms with E-state index in [-0.39, 0.29) is 77.0 Å². The molecule has 0 aliphatic heterocycles. The van der Waals surface area contributed by atoms with Crippen molar-refractivity contribution < 1.29 is 36.5 Å². The molecule has 0 bridgehead atoms. The summed E-state index contributed by atoms with van der Waals surface area (Å²) in [6.07, 6.45) is 0. The largest absolute Gasteiger partial charge is 0 e. The first kappa shape index (κ1) is 32.0. The Balaban J connectivity index is 0. The van der Waals surface area contributed by atoms with Gasteiger partial charge in [0, 0.05) is 77.0 Å². The van der Waals surface area contributed by atoms with E-state index in [2.05, 4.69) is 0 Å². The van der Waals surface area contributed by atoms with Crippen LogP contribution in [0.5, 0.6) is 0 Å². The van der Waals surface area contributed by atoms with Gasteiger partial charge in [-0.25, -0.2) is 0 Å². The van der Waals surface area contributed by atoms with Gasteiger partial charge in [0.1, 0.15) is 0 Å². The average Bonchev–Trinajstić information content (AvgIpc) is 0. The summed E-state index contributed by atoms with van der Waals surface area (Å²) < 4.78 is 0. The van der Waals surface area contributed by atoms with Crippen LogP contribution in [0.4, 0.5) is 0 Å². The van der Waals surface area contributed by atoms with Crippen LogP contribution in [0.25, 0.3) is 0 Å². The number of rotatable bonds is 0. The molecule has 0 aliphatic carbocycles. The molecular formula is AlFeMgZn. The van der Waals surface area contributed by atoms with Crippen LogP contribution >= 0.6 is 0 Å². The Bertz CT molecular complexity index is 8.00. The maximum absolute atomic E-state index is 0. The predicted octanol–water partition coefficient (Wildman–Crippen LogP) is -0.767.